The van der Waals surface area contributed by atoms with Gasteiger partial charge in [-0.25, -0.2) is 15.0 Å². The summed E-state index contributed by atoms with van der Waals surface area (Å²) in [6.45, 7) is 7.17. The highest BCUT2D eigenvalue weighted by Gasteiger charge is 2.28. The average molecular weight is 472 g/mol. The second-order valence-corrected chi connectivity index (χ2v) is 8.08. The number of aryl methyl sites for hydroxylation is 2. The van der Waals surface area contributed by atoms with E-state index in [0.29, 0.717) is 42.5 Å². The predicted molar refractivity (Wildman–Crippen MR) is 114 cm³/mol. The maximum atomic E-state index is 13.4. The van der Waals surface area contributed by atoms with Gasteiger partial charge < -0.3 is 4.90 Å². The Bertz CT molecular complexity index is 1040. The van der Waals surface area contributed by atoms with Gasteiger partial charge in [0.2, 0.25) is 0 Å². The number of carbonyl (C=O) groups is 1. The lowest BCUT2D eigenvalue weighted by molar-refractivity contribution is 0.0422. The van der Waals surface area contributed by atoms with Gasteiger partial charge in [-0.05, 0) is 39.0 Å². The maximum Gasteiger partial charge on any atom is 0.256 e. The quantitative estimate of drug-likeness (QED) is 0.579. The molecule has 1 aliphatic rings. The zero-order valence-corrected chi connectivity index (χ0v) is 18.6. The van der Waals surface area contributed by atoms with Crippen LogP contribution in [0.25, 0.3) is 5.69 Å². The van der Waals surface area contributed by atoms with Crippen LogP contribution in [-0.2, 0) is 4.84 Å². The molecule has 30 heavy (non-hydrogen) atoms. The van der Waals surface area contributed by atoms with Crippen molar-refractivity contribution in [3.8, 4) is 5.69 Å². The Labute approximate surface area is 182 Å². The summed E-state index contributed by atoms with van der Waals surface area (Å²) in [7, 11) is 0. The summed E-state index contributed by atoms with van der Waals surface area (Å²) in [4.78, 5) is 31.5. The molecular weight excluding hydrogens is 450 g/mol. The Morgan fingerprint density at radius 2 is 1.90 bits per heavy atom. The van der Waals surface area contributed by atoms with Gasteiger partial charge in [-0.2, -0.15) is 15.0 Å². The SMILES string of the molecule is Cc1cc(N2CCN(C(=O)c3ccc(Br)cc3-n3nccn3)C[C@H](C)O2)nc(C)n1. The van der Waals surface area contributed by atoms with Crippen molar-refractivity contribution in [3.63, 3.8) is 0 Å². The van der Waals surface area contributed by atoms with Crippen LogP contribution < -0.4 is 5.06 Å². The van der Waals surface area contributed by atoms with Gasteiger partial charge in [0, 0.05) is 29.3 Å². The van der Waals surface area contributed by atoms with Crippen LogP contribution in [0, 0.1) is 13.8 Å². The normalized spacial score (nSPS) is 17.1. The van der Waals surface area contributed by atoms with Crippen molar-refractivity contribution >= 4 is 27.7 Å². The lowest BCUT2D eigenvalue weighted by Gasteiger charge is -2.22. The van der Waals surface area contributed by atoms with Crippen molar-refractivity contribution in [2.45, 2.75) is 26.9 Å². The van der Waals surface area contributed by atoms with E-state index in [9.17, 15) is 4.79 Å². The summed E-state index contributed by atoms with van der Waals surface area (Å²) < 4.78 is 0.847. The Morgan fingerprint density at radius 1 is 1.13 bits per heavy atom. The lowest BCUT2D eigenvalue weighted by atomic mass is 10.1. The molecule has 0 unspecified atom stereocenters. The van der Waals surface area contributed by atoms with Crippen molar-refractivity contribution < 1.29 is 9.63 Å². The Morgan fingerprint density at radius 3 is 2.63 bits per heavy atom. The molecule has 1 fully saturated rings. The van der Waals surface area contributed by atoms with E-state index in [1.807, 2.05) is 39.0 Å². The fraction of sp³-hybridized carbons (Fsp3) is 0.350. The second-order valence-electron chi connectivity index (χ2n) is 7.16. The molecule has 1 aromatic carbocycles. The fourth-order valence-corrected chi connectivity index (χ4v) is 3.81. The monoisotopic (exact) mass is 471 g/mol. The van der Waals surface area contributed by atoms with Crippen LogP contribution in [0.3, 0.4) is 0 Å². The smallest absolute Gasteiger partial charge is 0.256 e. The standard InChI is InChI=1S/C20H22BrN7O2/c1-13-10-19(25-15(3)24-13)27-9-8-26(12-14(2)30-27)20(29)17-5-4-16(21)11-18(17)28-22-6-7-23-28/h4-7,10-11,14H,8-9,12H2,1-3H3/t14-/m0/s1. The minimum atomic E-state index is -0.200. The van der Waals surface area contributed by atoms with E-state index in [1.54, 1.807) is 28.4 Å². The highest BCUT2D eigenvalue weighted by atomic mass is 79.9. The number of amides is 1. The van der Waals surface area contributed by atoms with Gasteiger partial charge in [0.15, 0.2) is 5.82 Å². The zero-order chi connectivity index (χ0) is 21.3. The first-order chi connectivity index (χ1) is 14.4. The molecule has 0 saturated carbocycles. The number of carbonyl (C=O) groups excluding carboxylic acids is 1. The van der Waals surface area contributed by atoms with E-state index in [2.05, 4.69) is 36.1 Å². The van der Waals surface area contributed by atoms with Crippen LogP contribution in [0.2, 0.25) is 0 Å². The number of benzene rings is 1. The third kappa shape index (κ3) is 4.34. The Hall–Kier alpha value is -2.85. The molecule has 0 aliphatic carbocycles. The topological polar surface area (TPSA) is 89.3 Å². The highest BCUT2D eigenvalue weighted by molar-refractivity contribution is 9.10. The van der Waals surface area contributed by atoms with E-state index < -0.39 is 0 Å². The molecular formula is C20H22BrN7O2. The molecule has 2 aromatic heterocycles. The van der Waals surface area contributed by atoms with E-state index in [-0.39, 0.29) is 12.0 Å². The molecule has 1 saturated heterocycles. The molecule has 0 bridgehead atoms. The Kier molecular flexibility index (Phi) is 5.78. The summed E-state index contributed by atoms with van der Waals surface area (Å²) in [5.41, 5.74) is 2.03. The molecule has 4 rings (SSSR count). The predicted octanol–water partition coefficient (Wildman–Crippen LogP) is 2.72. The van der Waals surface area contributed by atoms with Crippen molar-refractivity contribution in [3.05, 3.63) is 58.2 Å². The average Bonchev–Trinajstić information content (AvgIpc) is 3.16. The molecule has 10 heteroatoms. The molecule has 3 heterocycles. The third-order valence-electron chi connectivity index (χ3n) is 4.68. The van der Waals surface area contributed by atoms with Crippen molar-refractivity contribution in [1.82, 2.24) is 29.9 Å². The summed E-state index contributed by atoms with van der Waals surface area (Å²) in [5, 5.41) is 10.1. The van der Waals surface area contributed by atoms with Crippen LogP contribution in [0.15, 0.2) is 41.1 Å². The van der Waals surface area contributed by atoms with Crippen molar-refractivity contribution in [2.75, 3.05) is 24.7 Å². The van der Waals surface area contributed by atoms with E-state index in [0.717, 1.165) is 10.2 Å². The van der Waals surface area contributed by atoms with Crippen LogP contribution in [0.4, 0.5) is 5.82 Å². The minimum absolute atomic E-state index is 0.0952. The van der Waals surface area contributed by atoms with Gasteiger partial charge in [0.25, 0.3) is 5.91 Å². The number of halogens is 1. The first-order valence-electron chi connectivity index (χ1n) is 9.63. The van der Waals surface area contributed by atoms with Crippen LogP contribution in [0.5, 0.6) is 0 Å². The van der Waals surface area contributed by atoms with Crippen LogP contribution >= 0.6 is 15.9 Å². The zero-order valence-electron chi connectivity index (χ0n) is 17.0. The molecule has 1 atom stereocenters. The molecule has 0 radical (unpaired) electrons. The molecule has 9 nitrogen and oxygen atoms in total. The molecule has 3 aromatic rings. The Balaban J connectivity index is 1.59. The fourth-order valence-electron chi connectivity index (χ4n) is 3.46. The maximum absolute atomic E-state index is 13.4. The largest absolute Gasteiger partial charge is 0.334 e. The summed E-state index contributed by atoms with van der Waals surface area (Å²) in [5.74, 6) is 1.29. The first-order valence-corrected chi connectivity index (χ1v) is 10.4. The molecule has 1 aliphatic heterocycles. The number of aromatic nitrogens is 5. The second kappa shape index (κ2) is 8.49. The van der Waals surface area contributed by atoms with Gasteiger partial charge in [-0.3, -0.25) is 9.63 Å². The summed E-state index contributed by atoms with van der Waals surface area (Å²) in [6, 6.07) is 7.35. The number of hydrogen-bond donors (Lipinski definition) is 0. The van der Waals surface area contributed by atoms with E-state index in [4.69, 9.17) is 4.84 Å². The lowest BCUT2D eigenvalue weighted by Crippen LogP contribution is -2.37. The number of hydroxylamine groups is 1. The number of nitrogens with zero attached hydrogens (tertiary/aromatic N) is 7. The minimum Gasteiger partial charge on any atom is -0.334 e. The summed E-state index contributed by atoms with van der Waals surface area (Å²) >= 11 is 3.46. The van der Waals surface area contributed by atoms with E-state index >= 15 is 0 Å². The molecule has 0 N–H and O–H groups in total. The van der Waals surface area contributed by atoms with Gasteiger partial charge in [-0.1, -0.05) is 15.9 Å². The van der Waals surface area contributed by atoms with Crippen LogP contribution in [0.1, 0.15) is 28.8 Å². The van der Waals surface area contributed by atoms with Crippen LogP contribution in [-0.4, -0.2) is 61.5 Å². The van der Waals surface area contributed by atoms with Gasteiger partial charge >= 0.3 is 0 Å². The summed E-state index contributed by atoms with van der Waals surface area (Å²) in [6.07, 6.45) is 2.97. The van der Waals surface area contributed by atoms with Gasteiger partial charge in [0.1, 0.15) is 11.9 Å². The highest BCUT2D eigenvalue weighted by Crippen LogP contribution is 2.23. The van der Waals surface area contributed by atoms with Crippen molar-refractivity contribution in [1.29, 1.82) is 0 Å². The third-order valence-corrected chi connectivity index (χ3v) is 5.17. The van der Waals surface area contributed by atoms with Gasteiger partial charge in [-0.15, -0.1) is 0 Å². The first kappa shape index (κ1) is 20.4. The molecule has 156 valence electrons. The van der Waals surface area contributed by atoms with E-state index in [1.165, 1.54) is 4.80 Å². The van der Waals surface area contributed by atoms with Gasteiger partial charge in [0.05, 0.1) is 30.2 Å². The number of anilines is 1. The number of rotatable bonds is 3. The molecule has 1 amide bonds. The van der Waals surface area contributed by atoms with Crippen molar-refractivity contribution in [2.24, 2.45) is 0 Å². The molecule has 0 spiro atoms. The number of hydrogen-bond acceptors (Lipinski definition) is 7.